The van der Waals surface area contributed by atoms with E-state index in [1.54, 1.807) is 7.11 Å². The number of hydrogen-bond donors (Lipinski definition) is 2. The van der Waals surface area contributed by atoms with E-state index in [2.05, 4.69) is 5.32 Å². The Hall–Kier alpha value is -0.160. The van der Waals surface area contributed by atoms with E-state index in [0.717, 1.165) is 12.8 Å². The van der Waals surface area contributed by atoms with E-state index < -0.39 is 5.60 Å². The van der Waals surface area contributed by atoms with Crippen LogP contribution in [0.4, 0.5) is 0 Å². The third kappa shape index (κ3) is 3.17. The van der Waals surface area contributed by atoms with Crippen molar-refractivity contribution >= 4 is 0 Å². The summed E-state index contributed by atoms with van der Waals surface area (Å²) >= 11 is 0. The first-order valence-electron chi connectivity index (χ1n) is 6.28. The summed E-state index contributed by atoms with van der Waals surface area (Å²) in [5, 5.41) is 13.6. The summed E-state index contributed by atoms with van der Waals surface area (Å²) in [7, 11) is 1.78. The Morgan fingerprint density at radius 1 is 1.50 bits per heavy atom. The second-order valence-corrected chi connectivity index (χ2v) is 5.13. The normalized spacial score (nSPS) is 40.1. The Balaban J connectivity index is 1.72. The number of aliphatic hydroxyl groups is 1. The van der Waals surface area contributed by atoms with Gasteiger partial charge in [0.25, 0.3) is 0 Å². The van der Waals surface area contributed by atoms with Gasteiger partial charge in [-0.1, -0.05) is 0 Å². The van der Waals surface area contributed by atoms with Crippen molar-refractivity contribution in [3.8, 4) is 0 Å². The van der Waals surface area contributed by atoms with Gasteiger partial charge < -0.3 is 19.9 Å². The number of methoxy groups -OCH3 is 1. The molecule has 1 aliphatic heterocycles. The van der Waals surface area contributed by atoms with Gasteiger partial charge in [-0.05, 0) is 25.7 Å². The Morgan fingerprint density at radius 2 is 2.38 bits per heavy atom. The first-order valence-corrected chi connectivity index (χ1v) is 6.28. The molecule has 0 aromatic rings. The van der Waals surface area contributed by atoms with Crippen molar-refractivity contribution in [3.05, 3.63) is 0 Å². The van der Waals surface area contributed by atoms with Gasteiger partial charge in [0.1, 0.15) is 5.60 Å². The van der Waals surface area contributed by atoms with Gasteiger partial charge in [0.15, 0.2) is 0 Å². The molecule has 3 atom stereocenters. The maximum atomic E-state index is 10.1. The van der Waals surface area contributed by atoms with E-state index in [-0.39, 0.29) is 0 Å². The molecule has 0 aromatic heterocycles. The minimum Gasteiger partial charge on any atom is -0.386 e. The highest BCUT2D eigenvalue weighted by Gasteiger charge is 2.33. The number of nitrogens with one attached hydrogen (secondary N) is 1. The third-order valence-electron chi connectivity index (χ3n) is 3.76. The average Bonchev–Trinajstić information content (AvgIpc) is 2.75. The molecule has 0 bridgehead atoms. The molecule has 3 unspecified atom stereocenters. The first-order chi connectivity index (χ1) is 7.72. The van der Waals surface area contributed by atoms with E-state index in [1.807, 2.05) is 0 Å². The van der Waals surface area contributed by atoms with Crippen molar-refractivity contribution in [2.45, 2.75) is 49.9 Å². The Morgan fingerprint density at radius 3 is 3.06 bits per heavy atom. The molecule has 16 heavy (non-hydrogen) atoms. The molecular formula is C12H23NO3. The van der Waals surface area contributed by atoms with Gasteiger partial charge in [0, 0.05) is 32.7 Å². The third-order valence-corrected chi connectivity index (χ3v) is 3.76. The fraction of sp³-hybridized carbons (Fsp3) is 1.00. The Labute approximate surface area is 97.3 Å². The SMILES string of the molecule is COC1CCCC(NCC2(O)CCOC2)C1. The quantitative estimate of drug-likeness (QED) is 0.744. The van der Waals surface area contributed by atoms with Crippen LogP contribution in [-0.4, -0.2) is 49.7 Å². The zero-order chi connectivity index (χ0) is 11.4. The fourth-order valence-corrected chi connectivity index (χ4v) is 2.61. The highest BCUT2D eigenvalue weighted by Crippen LogP contribution is 2.22. The van der Waals surface area contributed by atoms with Gasteiger partial charge in [-0.25, -0.2) is 0 Å². The summed E-state index contributed by atoms with van der Waals surface area (Å²) in [5.74, 6) is 0. The monoisotopic (exact) mass is 229 g/mol. The second kappa shape index (κ2) is 5.45. The fourth-order valence-electron chi connectivity index (χ4n) is 2.61. The average molecular weight is 229 g/mol. The summed E-state index contributed by atoms with van der Waals surface area (Å²) < 4.78 is 10.6. The van der Waals surface area contributed by atoms with Crippen LogP contribution in [0.3, 0.4) is 0 Å². The molecule has 0 spiro atoms. The lowest BCUT2D eigenvalue weighted by molar-refractivity contribution is 0.0166. The van der Waals surface area contributed by atoms with E-state index in [0.29, 0.717) is 31.9 Å². The summed E-state index contributed by atoms with van der Waals surface area (Å²) in [5.41, 5.74) is -0.639. The smallest absolute Gasteiger partial charge is 0.102 e. The van der Waals surface area contributed by atoms with Crippen LogP contribution >= 0.6 is 0 Å². The van der Waals surface area contributed by atoms with Crippen molar-refractivity contribution in [1.82, 2.24) is 5.32 Å². The zero-order valence-electron chi connectivity index (χ0n) is 10.1. The highest BCUT2D eigenvalue weighted by molar-refractivity contribution is 4.88. The molecule has 4 heteroatoms. The van der Waals surface area contributed by atoms with Gasteiger partial charge >= 0.3 is 0 Å². The molecule has 2 fully saturated rings. The molecule has 0 amide bonds. The number of ether oxygens (including phenoxy) is 2. The minimum absolute atomic E-state index is 0.390. The Kier molecular flexibility index (Phi) is 4.19. The van der Waals surface area contributed by atoms with Crippen LogP contribution in [0.15, 0.2) is 0 Å². The van der Waals surface area contributed by atoms with Crippen LogP contribution in [-0.2, 0) is 9.47 Å². The van der Waals surface area contributed by atoms with E-state index in [1.165, 1.54) is 19.3 Å². The maximum absolute atomic E-state index is 10.1. The first kappa shape index (κ1) is 12.3. The van der Waals surface area contributed by atoms with Gasteiger partial charge in [-0.15, -0.1) is 0 Å². The van der Waals surface area contributed by atoms with Crippen LogP contribution in [0.25, 0.3) is 0 Å². The lowest BCUT2D eigenvalue weighted by atomic mass is 9.92. The van der Waals surface area contributed by atoms with Crippen molar-refractivity contribution in [2.75, 3.05) is 26.9 Å². The van der Waals surface area contributed by atoms with Crippen molar-refractivity contribution < 1.29 is 14.6 Å². The summed E-state index contributed by atoms with van der Waals surface area (Å²) in [6, 6.07) is 0.489. The highest BCUT2D eigenvalue weighted by atomic mass is 16.5. The topological polar surface area (TPSA) is 50.7 Å². The van der Waals surface area contributed by atoms with Crippen LogP contribution in [0.5, 0.6) is 0 Å². The molecule has 1 heterocycles. The van der Waals surface area contributed by atoms with Crippen molar-refractivity contribution in [1.29, 1.82) is 0 Å². The molecule has 2 aliphatic rings. The number of hydrogen-bond acceptors (Lipinski definition) is 4. The molecule has 0 radical (unpaired) electrons. The van der Waals surface area contributed by atoms with E-state index in [9.17, 15) is 5.11 Å². The molecule has 1 aliphatic carbocycles. The Bertz CT molecular complexity index is 216. The van der Waals surface area contributed by atoms with Gasteiger partial charge in [-0.2, -0.15) is 0 Å². The largest absolute Gasteiger partial charge is 0.386 e. The minimum atomic E-state index is -0.639. The van der Waals surface area contributed by atoms with Gasteiger partial charge in [-0.3, -0.25) is 0 Å². The predicted octanol–water partition coefficient (Wildman–Crippen LogP) is 0.685. The number of rotatable bonds is 4. The summed E-state index contributed by atoms with van der Waals surface area (Å²) in [6.45, 7) is 1.80. The van der Waals surface area contributed by atoms with Crippen LogP contribution in [0, 0.1) is 0 Å². The summed E-state index contributed by atoms with van der Waals surface area (Å²) in [4.78, 5) is 0. The van der Waals surface area contributed by atoms with Crippen molar-refractivity contribution in [2.24, 2.45) is 0 Å². The maximum Gasteiger partial charge on any atom is 0.102 e. The molecule has 4 nitrogen and oxygen atoms in total. The molecular weight excluding hydrogens is 206 g/mol. The van der Waals surface area contributed by atoms with E-state index >= 15 is 0 Å². The van der Waals surface area contributed by atoms with Crippen LogP contribution in [0.2, 0.25) is 0 Å². The summed E-state index contributed by atoms with van der Waals surface area (Å²) in [6.07, 6.45) is 5.78. The molecule has 0 aromatic carbocycles. The standard InChI is InChI=1S/C12H23NO3/c1-15-11-4-2-3-10(7-11)13-8-12(14)5-6-16-9-12/h10-11,13-14H,2-9H2,1H3. The van der Waals surface area contributed by atoms with Crippen LogP contribution < -0.4 is 5.32 Å². The van der Waals surface area contributed by atoms with Crippen molar-refractivity contribution in [3.63, 3.8) is 0 Å². The lowest BCUT2D eigenvalue weighted by Crippen LogP contribution is -2.47. The van der Waals surface area contributed by atoms with E-state index in [4.69, 9.17) is 9.47 Å². The van der Waals surface area contributed by atoms with Gasteiger partial charge in [0.05, 0.1) is 12.7 Å². The molecule has 1 saturated carbocycles. The molecule has 1 saturated heterocycles. The van der Waals surface area contributed by atoms with Crippen LogP contribution in [0.1, 0.15) is 32.1 Å². The second-order valence-electron chi connectivity index (χ2n) is 5.13. The zero-order valence-corrected chi connectivity index (χ0v) is 10.1. The van der Waals surface area contributed by atoms with Gasteiger partial charge in [0.2, 0.25) is 0 Å². The molecule has 2 rings (SSSR count). The predicted molar refractivity (Wildman–Crippen MR) is 61.4 cm³/mol. The lowest BCUT2D eigenvalue weighted by Gasteiger charge is -2.31. The molecule has 2 N–H and O–H groups in total. The molecule has 94 valence electrons.